The lowest BCUT2D eigenvalue weighted by atomic mass is 9.93. The second kappa shape index (κ2) is 6.45. The van der Waals surface area contributed by atoms with Gasteiger partial charge >= 0.3 is 5.97 Å². The van der Waals surface area contributed by atoms with E-state index in [-0.39, 0.29) is 12.3 Å². The fourth-order valence-electron chi connectivity index (χ4n) is 0.976. The number of hydrogen-bond acceptors (Lipinski definition) is 4. The Morgan fingerprint density at radius 3 is 2.53 bits per heavy atom. The summed E-state index contributed by atoms with van der Waals surface area (Å²) in [5.74, 6) is -1.01. The maximum Gasteiger partial charge on any atom is 0.354 e. The molecule has 0 radical (unpaired) electrons. The van der Waals surface area contributed by atoms with Gasteiger partial charge in [0, 0.05) is 11.6 Å². The van der Waals surface area contributed by atoms with Crippen LogP contribution < -0.4 is 5.32 Å². The van der Waals surface area contributed by atoms with Gasteiger partial charge < -0.3 is 14.8 Å². The van der Waals surface area contributed by atoms with Crippen molar-refractivity contribution in [1.82, 2.24) is 5.32 Å². The lowest BCUT2D eigenvalue weighted by Gasteiger charge is -2.28. The Hall–Kier alpha value is -1.29. The molecule has 0 aromatic rings. The number of rotatable bonds is 7. The quantitative estimate of drug-likeness (QED) is 0.329. The first-order valence-corrected chi connectivity index (χ1v) is 5.61. The van der Waals surface area contributed by atoms with Gasteiger partial charge in [-0.15, -0.1) is 11.6 Å². The van der Waals surface area contributed by atoms with Crippen LogP contribution in [-0.4, -0.2) is 23.7 Å². The Bertz CT molecular complexity index is 337. The molecule has 1 unspecified atom stereocenters. The van der Waals surface area contributed by atoms with E-state index in [4.69, 9.17) is 16.3 Å². The molecular formula is C12H18ClNO3. The normalized spacial score (nSPS) is 15.3. The summed E-state index contributed by atoms with van der Waals surface area (Å²) in [6, 6.07) is 0. The van der Waals surface area contributed by atoms with E-state index in [1.54, 1.807) is 20.8 Å². The zero-order chi connectivity index (χ0) is 13.6. The minimum Gasteiger partial charge on any atom is -0.461 e. The van der Waals surface area contributed by atoms with E-state index in [1.807, 2.05) is 0 Å². The summed E-state index contributed by atoms with van der Waals surface area (Å²) in [7, 11) is 0. The van der Waals surface area contributed by atoms with Crippen LogP contribution in [0, 0.1) is 5.92 Å². The van der Waals surface area contributed by atoms with Crippen molar-refractivity contribution < 1.29 is 14.3 Å². The molecular weight excluding hydrogens is 242 g/mol. The monoisotopic (exact) mass is 259 g/mol. The van der Waals surface area contributed by atoms with Crippen LogP contribution in [0.1, 0.15) is 20.8 Å². The third kappa shape index (κ3) is 4.23. The van der Waals surface area contributed by atoms with Gasteiger partial charge in [0.15, 0.2) is 0 Å². The number of halogens is 1. The maximum atomic E-state index is 11.3. The highest BCUT2D eigenvalue weighted by molar-refractivity contribution is 6.26. The fourth-order valence-corrected chi connectivity index (χ4v) is 1.07. The average Bonchev–Trinajstić information content (AvgIpc) is 2.27. The summed E-state index contributed by atoms with van der Waals surface area (Å²) >= 11 is 6.18. The molecule has 0 amide bonds. The van der Waals surface area contributed by atoms with Gasteiger partial charge in [0.1, 0.15) is 12.0 Å². The largest absolute Gasteiger partial charge is 0.461 e. The van der Waals surface area contributed by atoms with Gasteiger partial charge in [0.25, 0.3) is 0 Å². The van der Waals surface area contributed by atoms with E-state index in [1.165, 1.54) is 0 Å². The zero-order valence-corrected chi connectivity index (χ0v) is 11.1. The summed E-state index contributed by atoms with van der Waals surface area (Å²) < 4.78 is 4.75. The van der Waals surface area contributed by atoms with Crippen LogP contribution in [0.3, 0.4) is 0 Å². The number of aldehydes is 1. The molecule has 0 aromatic heterocycles. The van der Waals surface area contributed by atoms with Crippen molar-refractivity contribution in [1.29, 1.82) is 0 Å². The first kappa shape index (κ1) is 15.7. The minimum atomic E-state index is -0.989. The summed E-state index contributed by atoms with van der Waals surface area (Å²) in [6.45, 7) is 12.5. The van der Waals surface area contributed by atoms with Crippen LogP contribution in [0.25, 0.3) is 0 Å². The van der Waals surface area contributed by atoms with Crippen molar-refractivity contribution in [3.63, 3.8) is 0 Å². The van der Waals surface area contributed by atoms with Crippen LogP contribution in [0.4, 0.5) is 0 Å². The van der Waals surface area contributed by atoms with Crippen LogP contribution in [0.15, 0.2) is 24.6 Å². The van der Waals surface area contributed by atoms with Gasteiger partial charge in [0.05, 0.1) is 11.5 Å². The van der Waals surface area contributed by atoms with Crippen molar-refractivity contribution in [2.24, 2.45) is 5.92 Å². The van der Waals surface area contributed by atoms with Crippen molar-refractivity contribution in [3.8, 4) is 0 Å². The topological polar surface area (TPSA) is 55.4 Å². The van der Waals surface area contributed by atoms with Crippen LogP contribution in [0.2, 0.25) is 0 Å². The molecule has 0 aliphatic rings. The number of hydrogen-bond donors (Lipinski definition) is 1. The Kier molecular flexibility index (Phi) is 5.96. The Morgan fingerprint density at radius 2 is 2.12 bits per heavy atom. The Morgan fingerprint density at radius 1 is 1.59 bits per heavy atom. The van der Waals surface area contributed by atoms with E-state index in [0.29, 0.717) is 5.70 Å². The van der Waals surface area contributed by atoms with Gasteiger partial charge in [-0.05, 0) is 13.8 Å². The van der Waals surface area contributed by atoms with Crippen molar-refractivity contribution >= 4 is 23.9 Å². The van der Waals surface area contributed by atoms with Crippen molar-refractivity contribution in [2.75, 3.05) is 6.61 Å². The highest BCUT2D eigenvalue weighted by atomic mass is 35.5. The highest BCUT2D eigenvalue weighted by Gasteiger charge is 2.32. The first-order chi connectivity index (χ1) is 7.77. The molecule has 0 aliphatic heterocycles. The van der Waals surface area contributed by atoms with E-state index in [2.05, 4.69) is 18.5 Å². The number of carbonyl (C=O) groups excluding carboxylic acids is 2. The van der Waals surface area contributed by atoms with Crippen LogP contribution >= 0.6 is 11.6 Å². The second-order valence-electron chi connectivity index (χ2n) is 3.80. The Balaban J connectivity index is 4.59. The summed E-state index contributed by atoms with van der Waals surface area (Å²) in [5.41, 5.74) is 0.374. The fraction of sp³-hybridized carbons (Fsp3) is 0.500. The highest BCUT2D eigenvalue weighted by Crippen LogP contribution is 2.29. The van der Waals surface area contributed by atoms with E-state index < -0.39 is 16.8 Å². The second-order valence-corrected chi connectivity index (χ2v) is 4.59. The molecule has 17 heavy (non-hydrogen) atoms. The molecule has 0 rings (SSSR count). The summed E-state index contributed by atoms with van der Waals surface area (Å²) in [4.78, 5) is 21.0. The number of esters is 1. The lowest BCUT2D eigenvalue weighted by molar-refractivity contribution is -0.138. The molecule has 96 valence electrons. The van der Waals surface area contributed by atoms with E-state index >= 15 is 0 Å². The van der Waals surface area contributed by atoms with Gasteiger partial charge in [0.2, 0.25) is 0 Å². The van der Waals surface area contributed by atoms with E-state index in [0.717, 1.165) is 6.29 Å². The number of nitrogens with one attached hydrogen (secondary N) is 1. The SMILES string of the molecule is C=C(NC(=C)C(C)(Cl)[C@H](C)C=O)C(=O)OCC. The maximum absolute atomic E-state index is 11.3. The van der Waals surface area contributed by atoms with Gasteiger partial charge in [-0.3, -0.25) is 0 Å². The van der Waals surface area contributed by atoms with Crippen LogP contribution in [0.5, 0.6) is 0 Å². The minimum absolute atomic E-state index is 0.0434. The molecule has 0 aliphatic carbocycles. The number of ether oxygens (including phenoxy) is 1. The third-order valence-electron chi connectivity index (χ3n) is 2.47. The molecule has 0 fully saturated rings. The molecule has 2 atom stereocenters. The predicted molar refractivity (Wildman–Crippen MR) is 67.5 cm³/mol. The van der Waals surface area contributed by atoms with Gasteiger partial charge in [-0.1, -0.05) is 20.1 Å². The van der Waals surface area contributed by atoms with Crippen LogP contribution in [-0.2, 0) is 14.3 Å². The number of allylic oxidation sites excluding steroid dienone is 1. The summed E-state index contributed by atoms with van der Waals surface area (Å²) in [5, 5.41) is 2.67. The lowest BCUT2D eigenvalue weighted by Crippen LogP contribution is -2.37. The van der Waals surface area contributed by atoms with Gasteiger partial charge in [-0.2, -0.15) is 0 Å². The molecule has 0 heterocycles. The molecule has 0 bridgehead atoms. The first-order valence-electron chi connectivity index (χ1n) is 5.24. The molecule has 0 saturated heterocycles. The number of carbonyl (C=O) groups is 2. The third-order valence-corrected chi connectivity index (χ3v) is 3.05. The van der Waals surface area contributed by atoms with Gasteiger partial charge in [-0.25, -0.2) is 4.79 Å². The molecule has 1 N–H and O–H groups in total. The molecule has 0 aromatic carbocycles. The molecule has 4 nitrogen and oxygen atoms in total. The van der Waals surface area contributed by atoms with Crippen molar-refractivity contribution in [3.05, 3.63) is 24.6 Å². The average molecular weight is 260 g/mol. The molecule has 5 heteroatoms. The molecule has 0 saturated carbocycles. The smallest absolute Gasteiger partial charge is 0.354 e. The van der Waals surface area contributed by atoms with Crippen molar-refractivity contribution in [2.45, 2.75) is 25.6 Å². The standard InChI is InChI=1S/C12H18ClNO3/c1-6-17-11(16)9(3)14-10(4)12(5,13)8(2)7-15/h7-8,14H,3-4,6H2,1-2,5H3/t8-,12?/m1/s1. The number of alkyl halides is 1. The summed E-state index contributed by atoms with van der Waals surface area (Å²) in [6.07, 6.45) is 0.729. The molecule has 0 spiro atoms. The predicted octanol–water partition coefficient (Wildman–Crippen LogP) is 2.00. The van der Waals surface area contributed by atoms with E-state index in [9.17, 15) is 9.59 Å². The Labute approximate surface area is 107 Å². The zero-order valence-electron chi connectivity index (χ0n) is 10.4.